The van der Waals surface area contributed by atoms with Crippen LogP contribution in [0.1, 0.15) is 24.2 Å². The van der Waals surface area contributed by atoms with Gasteiger partial charge in [0, 0.05) is 12.3 Å². The van der Waals surface area contributed by atoms with Crippen LogP contribution in [0, 0.1) is 0 Å². The smallest absolute Gasteiger partial charge is 0.345 e. The van der Waals surface area contributed by atoms with Crippen LogP contribution in [0.3, 0.4) is 0 Å². The standard InChI is InChI=1S/C10H12N2O3S/c1-6(2)15-9(14)7-5-11-10-12(8(7)13)3-4-16-10/h5-6H,3-4H2,1-2H3. The first-order valence-electron chi connectivity index (χ1n) is 5.03. The number of carbonyl (C=O) groups is 1. The Labute approximate surface area is 96.8 Å². The molecule has 0 saturated carbocycles. The number of ether oxygens (including phenoxy) is 1. The predicted molar refractivity (Wildman–Crippen MR) is 59.8 cm³/mol. The summed E-state index contributed by atoms with van der Waals surface area (Å²) in [6.07, 6.45) is 1.07. The highest BCUT2D eigenvalue weighted by Crippen LogP contribution is 2.20. The molecule has 0 bridgehead atoms. The average Bonchev–Trinajstić information content (AvgIpc) is 2.65. The number of fused-ring (bicyclic) bond motifs is 1. The molecule has 0 aliphatic carbocycles. The molecular formula is C10H12N2O3S. The van der Waals surface area contributed by atoms with Gasteiger partial charge in [0.1, 0.15) is 5.56 Å². The van der Waals surface area contributed by atoms with Gasteiger partial charge in [-0.1, -0.05) is 11.8 Å². The SMILES string of the molecule is CC(C)OC(=O)c1cnc2n(c1=O)CCS2. The van der Waals surface area contributed by atoms with Crippen molar-refractivity contribution in [2.75, 3.05) is 5.75 Å². The molecular weight excluding hydrogens is 228 g/mol. The summed E-state index contributed by atoms with van der Waals surface area (Å²) in [5.41, 5.74) is -0.291. The third-order valence-corrected chi connectivity index (χ3v) is 3.09. The number of aromatic nitrogens is 2. The Kier molecular flexibility index (Phi) is 3.00. The van der Waals surface area contributed by atoms with Crippen LogP contribution in [0.5, 0.6) is 0 Å². The molecule has 2 heterocycles. The van der Waals surface area contributed by atoms with E-state index in [1.54, 1.807) is 13.8 Å². The maximum absolute atomic E-state index is 11.9. The van der Waals surface area contributed by atoms with E-state index in [2.05, 4.69) is 4.98 Å². The number of thioether (sulfide) groups is 1. The van der Waals surface area contributed by atoms with E-state index in [0.29, 0.717) is 11.7 Å². The molecule has 1 aliphatic heterocycles. The van der Waals surface area contributed by atoms with Crippen LogP contribution in [0.15, 0.2) is 16.1 Å². The highest BCUT2D eigenvalue weighted by molar-refractivity contribution is 7.99. The van der Waals surface area contributed by atoms with Crippen LogP contribution in [0.4, 0.5) is 0 Å². The molecule has 0 aromatic carbocycles. The Morgan fingerprint density at radius 3 is 3.06 bits per heavy atom. The Morgan fingerprint density at radius 1 is 1.62 bits per heavy atom. The van der Waals surface area contributed by atoms with Crippen molar-refractivity contribution < 1.29 is 9.53 Å². The minimum Gasteiger partial charge on any atom is -0.459 e. The second-order valence-electron chi connectivity index (χ2n) is 3.71. The molecule has 5 nitrogen and oxygen atoms in total. The Morgan fingerprint density at radius 2 is 2.38 bits per heavy atom. The van der Waals surface area contributed by atoms with Crippen molar-refractivity contribution in [3.8, 4) is 0 Å². The zero-order valence-corrected chi connectivity index (χ0v) is 9.91. The van der Waals surface area contributed by atoms with Crippen molar-refractivity contribution in [2.24, 2.45) is 0 Å². The summed E-state index contributed by atoms with van der Waals surface area (Å²) in [6.45, 7) is 4.09. The van der Waals surface area contributed by atoms with Crippen molar-refractivity contribution in [1.82, 2.24) is 9.55 Å². The first-order valence-corrected chi connectivity index (χ1v) is 6.02. The highest BCUT2D eigenvalue weighted by Gasteiger charge is 2.21. The fraction of sp³-hybridized carbons (Fsp3) is 0.500. The summed E-state index contributed by atoms with van der Waals surface area (Å²) in [6, 6.07) is 0. The number of hydrogen-bond acceptors (Lipinski definition) is 5. The van der Waals surface area contributed by atoms with Gasteiger partial charge in [-0.25, -0.2) is 9.78 Å². The summed E-state index contributed by atoms with van der Waals surface area (Å²) in [5.74, 6) is 0.227. The van der Waals surface area contributed by atoms with E-state index in [0.717, 1.165) is 5.75 Å². The van der Waals surface area contributed by atoms with Crippen LogP contribution >= 0.6 is 11.8 Å². The van der Waals surface area contributed by atoms with Crippen LogP contribution in [0.2, 0.25) is 0 Å². The minimum absolute atomic E-state index is 0.0138. The fourth-order valence-corrected chi connectivity index (χ4v) is 2.35. The Balaban J connectivity index is 2.37. The molecule has 0 fully saturated rings. The average molecular weight is 240 g/mol. The van der Waals surface area contributed by atoms with Gasteiger partial charge in [-0.15, -0.1) is 0 Å². The molecule has 2 rings (SSSR count). The third-order valence-electron chi connectivity index (χ3n) is 2.12. The van der Waals surface area contributed by atoms with Gasteiger partial charge in [-0.05, 0) is 13.8 Å². The summed E-state index contributed by atoms with van der Waals surface area (Å²) in [7, 11) is 0. The normalized spacial score (nSPS) is 13.9. The van der Waals surface area contributed by atoms with Gasteiger partial charge in [0.05, 0.1) is 12.3 Å². The second kappa shape index (κ2) is 4.29. The predicted octanol–water partition coefficient (Wildman–Crippen LogP) is 0.914. The van der Waals surface area contributed by atoms with Crippen molar-refractivity contribution >= 4 is 17.7 Å². The van der Waals surface area contributed by atoms with Crippen LogP contribution < -0.4 is 5.56 Å². The van der Waals surface area contributed by atoms with Gasteiger partial charge in [0.25, 0.3) is 5.56 Å². The largest absolute Gasteiger partial charge is 0.459 e. The lowest BCUT2D eigenvalue weighted by Crippen LogP contribution is -2.28. The first kappa shape index (κ1) is 11.2. The van der Waals surface area contributed by atoms with Gasteiger partial charge in [-0.3, -0.25) is 9.36 Å². The Hall–Kier alpha value is -1.30. The van der Waals surface area contributed by atoms with Crippen LogP contribution in [-0.2, 0) is 11.3 Å². The van der Waals surface area contributed by atoms with E-state index in [9.17, 15) is 9.59 Å². The van der Waals surface area contributed by atoms with Gasteiger partial charge in [-0.2, -0.15) is 0 Å². The summed E-state index contributed by atoms with van der Waals surface area (Å²) in [5, 5.41) is 0.672. The molecule has 1 aliphatic rings. The molecule has 0 atom stereocenters. The van der Waals surface area contributed by atoms with Gasteiger partial charge in [0.2, 0.25) is 0 Å². The zero-order chi connectivity index (χ0) is 11.7. The van der Waals surface area contributed by atoms with Crippen LogP contribution in [-0.4, -0.2) is 27.4 Å². The van der Waals surface area contributed by atoms with Gasteiger partial charge < -0.3 is 4.74 Å². The van der Waals surface area contributed by atoms with Crippen molar-refractivity contribution in [2.45, 2.75) is 31.7 Å². The third kappa shape index (κ3) is 1.97. The van der Waals surface area contributed by atoms with E-state index in [4.69, 9.17) is 4.74 Å². The lowest BCUT2D eigenvalue weighted by atomic mass is 10.3. The van der Waals surface area contributed by atoms with Crippen LogP contribution in [0.25, 0.3) is 0 Å². The maximum atomic E-state index is 11.9. The van der Waals surface area contributed by atoms with Gasteiger partial charge in [0.15, 0.2) is 5.16 Å². The molecule has 0 radical (unpaired) electrons. The number of nitrogens with zero attached hydrogens (tertiary/aromatic N) is 2. The molecule has 0 N–H and O–H groups in total. The molecule has 6 heteroatoms. The number of esters is 1. The molecule has 86 valence electrons. The fourth-order valence-electron chi connectivity index (χ4n) is 1.44. The van der Waals surface area contributed by atoms with Gasteiger partial charge >= 0.3 is 5.97 Å². The lowest BCUT2D eigenvalue weighted by molar-refractivity contribution is 0.0374. The van der Waals surface area contributed by atoms with E-state index >= 15 is 0 Å². The Bertz CT molecular complexity index is 481. The number of carbonyl (C=O) groups excluding carboxylic acids is 1. The van der Waals surface area contributed by atoms with E-state index in [1.807, 2.05) is 0 Å². The molecule has 0 amide bonds. The topological polar surface area (TPSA) is 61.2 Å². The first-order chi connectivity index (χ1) is 7.59. The zero-order valence-electron chi connectivity index (χ0n) is 9.10. The van der Waals surface area contributed by atoms with E-state index < -0.39 is 5.97 Å². The highest BCUT2D eigenvalue weighted by atomic mass is 32.2. The number of rotatable bonds is 2. The molecule has 0 saturated heterocycles. The summed E-state index contributed by atoms with van der Waals surface area (Å²) < 4.78 is 6.49. The van der Waals surface area contributed by atoms with E-state index in [-0.39, 0.29) is 17.2 Å². The molecule has 16 heavy (non-hydrogen) atoms. The molecule has 1 aromatic rings. The molecule has 1 aromatic heterocycles. The second-order valence-corrected chi connectivity index (χ2v) is 4.78. The van der Waals surface area contributed by atoms with Crippen molar-refractivity contribution in [1.29, 1.82) is 0 Å². The van der Waals surface area contributed by atoms with Crippen molar-refractivity contribution in [3.63, 3.8) is 0 Å². The van der Waals surface area contributed by atoms with Crippen molar-refractivity contribution in [3.05, 3.63) is 22.1 Å². The molecule has 0 spiro atoms. The lowest BCUT2D eigenvalue weighted by Gasteiger charge is -2.08. The quantitative estimate of drug-likeness (QED) is 0.568. The maximum Gasteiger partial charge on any atom is 0.345 e. The summed E-state index contributed by atoms with van der Waals surface area (Å²) in [4.78, 5) is 27.6. The minimum atomic E-state index is -0.597. The number of hydrogen-bond donors (Lipinski definition) is 0. The monoisotopic (exact) mass is 240 g/mol. The molecule has 0 unspecified atom stereocenters. The summed E-state index contributed by atoms with van der Waals surface area (Å²) >= 11 is 1.52. The van der Waals surface area contributed by atoms with E-state index in [1.165, 1.54) is 22.5 Å².